The summed E-state index contributed by atoms with van der Waals surface area (Å²) in [6, 6.07) is 0. The van der Waals surface area contributed by atoms with Gasteiger partial charge >= 0.3 is 0 Å². The second-order valence-electron chi connectivity index (χ2n) is 6.63. The van der Waals surface area contributed by atoms with Crippen molar-refractivity contribution < 1.29 is 9.59 Å². The van der Waals surface area contributed by atoms with E-state index in [0.29, 0.717) is 19.5 Å². The molecular weight excluding hydrogens is 254 g/mol. The first-order valence-corrected chi connectivity index (χ1v) is 7.69. The molecule has 20 heavy (non-hydrogen) atoms. The Bertz CT molecular complexity index is 367. The largest absolute Gasteiger partial charge is 0.349 e. The number of likely N-dealkylation sites (tertiary alicyclic amines) is 1. The quantitative estimate of drug-likeness (QED) is 0.838. The fourth-order valence-corrected chi connectivity index (χ4v) is 3.41. The van der Waals surface area contributed by atoms with Crippen LogP contribution in [0.4, 0.5) is 0 Å². The van der Waals surface area contributed by atoms with Gasteiger partial charge in [-0.25, -0.2) is 0 Å². The summed E-state index contributed by atoms with van der Waals surface area (Å²) in [6.07, 6.45) is 6.25. The Morgan fingerprint density at radius 3 is 2.25 bits per heavy atom. The van der Waals surface area contributed by atoms with E-state index in [2.05, 4.69) is 0 Å². The molecule has 1 saturated heterocycles. The van der Waals surface area contributed by atoms with Crippen LogP contribution in [-0.2, 0) is 9.59 Å². The maximum Gasteiger partial charge on any atom is 0.225 e. The number of hydrogen-bond donors (Lipinski definition) is 1. The van der Waals surface area contributed by atoms with Gasteiger partial charge in [-0.05, 0) is 25.7 Å². The van der Waals surface area contributed by atoms with Gasteiger partial charge in [-0.15, -0.1) is 0 Å². The highest BCUT2D eigenvalue weighted by molar-refractivity contribution is 5.80. The SMILES string of the molecule is CN(C)C(=O)C1CCN(C(=O)CC2(N)CCCC2)CC1. The van der Waals surface area contributed by atoms with Crippen LogP contribution in [0.1, 0.15) is 44.9 Å². The highest BCUT2D eigenvalue weighted by atomic mass is 16.2. The van der Waals surface area contributed by atoms with Gasteiger partial charge in [0.1, 0.15) is 0 Å². The summed E-state index contributed by atoms with van der Waals surface area (Å²) >= 11 is 0. The third kappa shape index (κ3) is 3.51. The lowest BCUT2D eigenvalue weighted by molar-refractivity contribution is -0.139. The second kappa shape index (κ2) is 6.12. The highest BCUT2D eigenvalue weighted by Crippen LogP contribution is 2.31. The van der Waals surface area contributed by atoms with E-state index >= 15 is 0 Å². The van der Waals surface area contributed by atoms with Gasteiger partial charge in [0, 0.05) is 45.1 Å². The zero-order chi connectivity index (χ0) is 14.8. The molecule has 2 N–H and O–H groups in total. The van der Waals surface area contributed by atoms with Crippen LogP contribution >= 0.6 is 0 Å². The molecule has 114 valence electrons. The molecule has 0 bridgehead atoms. The average molecular weight is 281 g/mol. The number of hydrogen-bond acceptors (Lipinski definition) is 3. The van der Waals surface area contributed by atoms with Gasteiger partial charge in [0.2, 0.25) is 11.8 Å². The van der Waals surface area contributed by atoms with Crippen molar-refractivity contribution in [2.45, 2.75) is 50.5 Å². The van der Waals surface area contributed by atoms with Crippen LogP contribution in [0.2, 0.25) is 0 Å². The van der Waals surface area contributed by atoms with E-state index in [9.17, 15) is 9.59 Å². The van der Waals surface area contributed by atoms with E-state index in [4.69, 9.17) is 5.73 Å². The lowest BCUT2D eigenvalue weighted by Crippen LogP contribution is -2.47. The third-order valence-electron chi connectivity index (χ3n) is 4.74. The summed E-state index contributed by atoms with van der Waals surface area (Å²) in [5.74, 6) is 0.431. The maximum absolute atomic E-state index is 12.3. The maximum atomic E-state index is 12.3. The summed E-state index contributed by atoms with van der Waals surface area (Å²) < 4.78 is 0. The topological polar surface area (TPSA) is 66.6 Å². The molecule has 2 rings (SSSR count). The van der Waals surface area contributed by atoms with Crippen LogP contribution in [0, 0.1) is 5.92 Å². The number of nitrogens with two attached hydrogens (primary N) is 1. The monoisotopic (exact) mass is 281 g/mol. The van der Waals surface area contributed by atoms with Crippen LogP contribution in [0.15, 0.2) is 0 Å². The second-order valence-corrected chi connectivity index (χ2v) is 6.63. The highest BCUT2D eigenvalue weighted by Gasteiger charge is 2.35. The normalized spacial score (nSPS) is 22.9. The lowest BCUT2D eigenvalue weighted by Gasteiger charge is -2.34. The predicted molar refractivity (Wildman–Crippen MR) is 78.0 cm³/mol. The number of amides is 2. The molecule has 0 atom stereocenters. The number of carbonyl (C=O) groups is 2. The summed E-state index contributed by atoms with van der Waals surface area (Å²) in [6.45, 7) is 1.39. The first-order chi connectivity index (χ1) is 9.41. The van der Waals surface area contributed by atoms with Crippen molar-refractivity contribution >= 4 is 11.8 Å². The molecule has 2 aliphatic rings. The first kappa shape index (κ1) is 15.3. The van der Waals surface area contributed by atoms with Crippen LogP contribution in [-0.4, -0.2) is 54.3 Å². The Kier molecular flexibility index (Phi) is 4.68. The standard InChI is InChI=1S/C15H27N3O2/c1-17(2)14(20)12-5-9-18(10-6-12)13(19)11-15(16)7-3-4-8-15/h12H,3-11,16H2,1-2H3. The van der Waals surface area contributed by atoms with Gasteiger partial charge in [-0.2, -0.15) is 0 Å². The Labute approximate surface area is 121 Å². The predicted octanol–water partition coefficient (Wildman–Crippen LogP) is 0.975. The summed E-state index contributed by atoms with van der Waals surface area (Å²) in [5.41, 5.74) is 6.00. The van der Waals surface area contributed by atoms with E-state index < -0.39 is 0 Å². The lowest BCUT2D eigenvalue weighted by atomic mass is 9.91. The molecule has 2 fully saturated rings. The van der Waals surface area contributed by atoms with E-state index in [1.54, 1.807) is 19.0 Å². The summed E-state index contributed by atoms with van der Waals surface area (Å²) in [7, 11) is 3.58. The number of carbonyl (C=O) groups excluding carboxylic acids is 2. The first-order valence-electron chi connectivity index (χ1n) is 7.69. The van der Waals surface area contributed by atoms with Gasteiger partial charge < -0.3 is 15.5 Å². The van der Waals surface area contributed by atoms with Crippen molar-refractivity contribution in [1.82, 2.24) is 9.80 Å². The van der Waals surface area contributed by atoms with Crippen molar-refractivity contribution in [3.63, 3.8) is 0 Å². The van der Waals surface area contributed by atoms with E-state index in [1.807, 2.05) is 4.90 Å². The number of rotatable bonds is 3. The average Bonchev–Trinajstić information content (AvgIpc) is 2.84. The van der Waals surface area contributed by atoms with Crippen LogP contribution < -0.4 is 5.73 Å². The zero-order valence-corrected chi connectivity index (χ0v) is 12.7. The fraction of sp³-hybridized carbons (Fsp3) is 0.867. The summed E-state index contributed by atoms with van der Waals surface area (Å²) in [4.78, 5) is 27.8. The fourth-order valence-electron chi connectivity index (χ4n) is 3.41. The van der Waals surface area contributed by atoms with Crippen molar-refractivity contribution in [2.24, 2.45) is 11.7 Å². The van der Waals surface area contributed by atoms with Crippen molar-refractivity contribution in [3.05, 3.63) is 0 Å². The summed E-state index contributed by atoms with van der Waals surface area (Å²) in [5, 5.41) is 0. The Hall–Kier alpha value is -1.10. The van der Waals surface area contributed by atoms with Crippen molar-refractivity contribution in [3.8, 4) is 0 Å². The van der Waals surface area contributed by atoms with Gasteiger partial charge in [-0.3, -0.25) is 9.59 Å². The molecule has 2 amide bonds. The molecule has 0 aromatic carbocycles. The Morgan fingerprint density at radius 1 is 1.20 bits per heavy atom. The molecule has 5 nitrogen and oxygen atoms in total. The van der Waals surface area contributed by atoms with Crippen LogP contribution in [0.5, 0.6) is 0 Å². The molecular formula is C15H27N3O2. The van der Waals surface area contributed by atoms with E-state index in [0.717, 1.165) is 38.5 Å². The smallest absolute Gasteiger partial charge is 0.225 e. The molecule has 5 heteroatoms. The molecule has 1 aliphatic heterocycles. The molecule has 1 aliphatic carbocycles. The minimum atomic E-state index is -0.270. The van der Waals surface area contributed by atoms with E-state index in [-0.39, 0.29) is 23.3 Å². The van der Waals surface area contributed by atoms with Gasteiger partial charge in [0.15, 0.2) is 0 Å². The van der Waals surface area contributed by atoms with Gasteiger partial charge in [0.25, 0.3) is 0 Å². The zero-order valence-electron chi connectivity index (χ0n) is 12.7. The molecule has 1 heterocycles. The molecule has 1 saturated carbocycles. The Morgan fingerprint density at radius 2 is 1.75 bits per heavy atom. The van der Waals surface area contributed by atoms with Gasteiger partial charge in [0.05, 0.1) is 0 Å². The molecule has 0 radical (unpaired) electrons. The molecule has 0 spiro atoms. The minimum Gasteiger partial charge on any atom is -0.349 e. The third-order valence-corrected chi connectivity index (χ3v) is 4.74. The number of piperidine rings is 1. The van der Waals surface area contributed by atoms with Crippen molar-refractivity contribution in [1.29, 1.82) is 0 Å². The molecule has 0 aromatic rings. The molecule has 0 aromatic heterocycles. The van der Waals surface area contributed by atoms with E-state index in [1.165, 1.54) is 0 Å². The number of nitrogens with zero attached hydrogens (tertiary/aromatic N) is 2. The molecule has 0 unspecified atom stereocenters. The van der Waals surface area contributed by atoms with Crippen LogP contribution in [0.3, 0.4) is 0 Å². The van der Waals surface area contributed by atoms with Crippen molar-refractivity contribution in [2.75, 3.05) is 27.2 Å². The minimum absolute atomic E-state index is 0.0763. The van der Waals surface area contributed by atoms with Crippen LogP contribution in [0.25, 0.3) is 0 Å². The van der Waals surface area contributed by atoms with Gasteiger partial charge in [-0.1, -0.05) is 12.8 Å². The Balaban J connectivity index is 1.81.